The molecule has 3 rings (SSSR count). The van der Waals surface area contributed by atoms with Crippen LogP contribution < -0.4 is 10.6 Å². The van der Waals surface area contributed by atoms with Gasteiger partial charge < -0.3 is 20.5 Å². The molecule has 0 bridgehead atoms. The third-order valence-electron chi connectivity index (χ3n) is 6.66. The number of carboxylic acids is 1. The summed E-state index contributed by atoms with van der Waals surface area (Å²) in [4.78, 5) is 36.7. The third kappa shape index (κ3) is 6.41. The molecule has 3 N–H and O–H groups in total. The van der Waals surface area contributed by atoms with Crippen LogP contribution >= 0.6 is 0 Å². The first-order valence-corrected chi connectivity index (χ1v) is 12.1. The van der Waals surface area contributed by atoms with Crippen LogP contribution in [-0.2, 0) is 14.3 Å². The molecule has 35 heavy (non-hydrogen) atoms. The normalized spacial score (nSPS) is 14.6. The van der Waals surface area contributed by atoms with Crippen LogP contribution in [0.3, 0.4) is 0 Å². The lowest BCUT2D eigenvalue weighted by molar-refractivity contribution is -0.145. The van der Waals surface area contributed by atoms with Gasteiger partial charge in [-0.05, 0) is 39.5 Å². The van der Waals surface area contributed by atoms with Crippen molar-refractivity contribution in [2.75, 3.05) is 13.2 Å². The Kier molecular flexibility index (Phi) is 8.20. The molecule has 2 amide bonds. The minimum Gasteiger partial charge on any atom is -0.480 e. The largest absolute Gasteiger partial charge is 0.480 e. The second-order valence-corrected chi connectivity index (χ2v) is 10.6. The fraction of sp³-hybridized carbons (Fsp3) is 0.464. The van der Waals surface area contributed by atoms with Crippen LogP contribution in [0.25, 0.3) is 11.1 Å². The highest BCUT2D eigenvalue weighted by Gasteiger charge is 2.33. The van der Waals surface area contributed by atoms with Gasteiger partial charge in [-0.15, -0.1) is 0 Å². The molecule has 0 heterocycles. The SMILES string of the molecule is CC(C)C(CNC(=O)OCC1c2ccccc2-c2ccccc21)CC(=O)N[C@H](C(=O)O)C(C)(C)C. The van der Waals surface area contributed by atoms with E-state index in [1.165, 1.54) is 0 Å². The lowest BCUT2D eigenvalue weighted by Gasteiger charge is -2.29. The van der Waals surface area contributed by atoms with Gasteiger partial charge >= 0.3 is 12.1 Å². The average molecular weight is 481 g/mol. The molecule has 0 aliphatic heterocycles. The van der Waals surface area contributed by atoms with Gasteiger partial charge in [0.2, 0.25) is 5.91 Å². The van der Waals surface area contributed by atoms with Crippen molar-refractivity contribution in [1.82, 2.24) is 10.6 Å². The lowest BCUT2D eigenvalue weighted by atomic mass is 9.86. The molecule has 0 saturated carbocycles. The Morgan fingerprint density at radius 3 is 2.00 bits per heavy atom. The molecular weight excluding hydrogens is 444 g/mol. The molecule has 0 saturated heterocycles. The van der Waals surface area contributed by atoms with Gasteiger partial charge in [0.1, 0.15) is 12.6 Å². The summed E-state index contributed by atoms with van der Waals surface area (Å²) >= 11 is 0. The number of benzene rings is 2. The average Bonchev–Trinajstić information content (AvgIpc) is 3.11. The first-order chi connectivity index (χ1) is 16.5. The maximum absolute atomic E-state index is 12.6. The molecule has 0 fully saturated rings. The number of fused-ring (bicyclic) bond motifs is 3. The molecule has 7 heteroatoms. The molecule has 0 aromatic heterocycles. The van der Waals surface area contributed by atoms with E-state index in [0.717, 1.165) is 22.3 Å². The van der Waals surface area contributed by atoms with Crippen LogP contribution in [0.2, 0.25) is 0 Å². The van der Waals surface area contributed by atoms with Crippen LogP contribution in [0, 0.1) is 17.3 Å². The van der Waals surface area contributed by atoms with E-state index in [-0.39, 0.29) is 43.2 Å². The van der Waals surface area contributed by atoms with Crippen molar-refractivity contribution < 1.29 is 24.2 Å². The molecule has 2 aromatic rings. The second kappa shape index (κ2) is 10.9. The molecule has 1 aliphatic rings. The summed E-state index contributed by atoms with van der Waals surface area (Å²) in [6.45, 7) is 9.72. The van der Waals surface area contributed by atoms with Gasteiger partial charge in [-0.25, -0.2) is 9.59 Å². The molecule has 7 nitrogen and oxygen atoms in total. The maximum atomic E-state index is 12.6. The number of alkyl carbamates (subject to hydrolysis) is 1. The van der Waals surface area contributed by atoms with Gasteiger partial charge in [-0.1, -0.05) is 83.1 Å². The molecule has 1 aliphatic carbocycles. The molecule has 0 radical (unpaired) electrons. The number of hydrogen-bond acceptors (Lipinski definition) is 4. The highest BCUT2D eigenvalue weighted by atomic mass is 16.5. The zero-order valence-corrected chi connectivity index (χ0v) is 21.1. The van der Waals surface area contributed by atoms with Gasteiger partial charge in [0, 0.05) is 18.9 Å². The number of aliphatic carboxylic acids is 1. The molecule has 2 atom stereocenters. The molecule has 0 spiro atoms. The minimum absolute atomic E-state index is 0.0230. The van der Waals surface area contributed by atoms with E-state index >= 15 is 0 Å². The second-order valence-electron chi connectivity index (χ2n) is 10.6. The third-order valence-corrected chi connectivity index (χ3v) is 6.66. The summed E-state index contributed by atoms with van der Waals surface area (Å²) in [5.74, 6) is -1.49. The summed E-state index contributed by atoms with van der Waals surface area (Å²) in [5, 5.41) is 14.9. The summed E-state index contributed by atoms with van der Waals surface area (Å²) in [6, 6.07) is 15.3. The maximum Gasteiger partial charge on any atom is 0.407 e. The van der Waals surface area contributed by atoms with Crippen molar-refractivity contribution in [3.63, 3.8) is 0 Å². The van der Waals surface area contributed by atoms with E-state index in [0.29, 0.717) is 0 Å². The van der Waals surface area contributed by atoms with E-state index in [9.17, 15) is 19.5 Å². The van der Waals surface area contributed by atoms with Crippen LogP contribution in [0.5, 0.6) is 0 Å². The summed E-state index contributed by atoms with van der Waals surface area (Å²) in [7, 11) is 0. The fourth-order valence-electron chi connectivity index (χ4n) is 4.51. The number of carboxylic acid groups (broad SMARTS) is 1. The molecular formula is C28H36N2O5. The Morgan fingerprint density at radius 2 is 1.51 bits per heavy atom. The molecule has 1 unspecified atom stereocenters. The summed E-state index contributed by atoms with van der Waals surface area (Å²) in [5.41, 5.74) is 4.00. The first-order valence-electron chi connectivity index (χ1n) is 12.1. The number of nitrogens with one attached hydrogen (secondary N) is 2. The predicted octanol–water partition coefficient (Wildman–Crippen LogP) is 4.80. The number of ether oxygens (including phenoxy) is 1. The van der Waals surface area contributed by atoms with Crippen LogP contribution in [0.15, 0.2) is 48.5 Å². The van der Waals surface area contributed by atoms with E-state index in [2.05, 4.69) is 34.9 Å². The Hall–Kier alpha value is -3.35. The standard InChI is InChI=1S/C28H36N2O5/c1-17(2)18(14-24(31)30-25(26(32)33)28(3,4)5)15-29-27(34)35-16-23-21-12-8-6-10-19(21)20-11-7-9-13-22(20)23/h6-13,17-18,23,25H,14-16H2,1-5H3,(H,29,34)(H,30,31)(H,32,33)/t18?,25-/m1/s1. The predicted molar refractivity (Wildman–Crippen MR) is 135 cm³/mol. The van der Waals surface area contributed by atoms with Crippen molar-refractivity contribution in [1.29, 1.82) is 0 Å². The van der Waals surface area contributed by atoms with Gasteiger partial charge in [0.05, 0.1) is 0 Å². The van der Waals surface area contributed by atoms with Crippen LogP contribution in [-0.4, -0.2) is 42.3 Å². The monoisotopic (exact) mass is 480 g/mol. The number of amides is 2. The van der Waals surface area contributed by atoms with Crippen molar-refractivity contribution in [3.05, 3.63) is 59.7 Å². The van der Waals surface area contributed by atoms with Gasteiger partial charge in [-0.2, -0.15) is 0 Å². The zero-order chi connectivity index (χ0) is 25.8. The van der Waals surface area contributed by atoms with E-state index in [1.54, 1.807) is 20.8 Å². The quantitative estimate of drug-likeness (QED) is 0.478. The zero-order valence-electron chi connectivity index (χ0n) is 21.1. The Balaban J connectivity index is 1.55. The van der Waals surface area contributed by atoms with Crippen LogP contribution in [0.4, 0.5) is 4.79 Å². The van der Waals surface area contributed by atoms with E-state index in [1.807, 2.05) is 38.1 Å². The molecule has 2 aromatic carbocycles. The summed E-state index contributed by atoms with van der Waals surface area (Å²) in [6.07, 6.45) is -0.419. The van der Waals surface area contributed by atoms with Crippen molar-refractivity contribution in [2.45, 2.75) is 53.0 Å². The van der Waals surface area contributed by atoms with E-state index in [4.69, 9.17) is 4.74 Å². The van der Waals surface area contributed by atoms with Crippen molar-refractivity contribution in [3.8, 4) is 11.1 Å². The number of rotatable bonds is 9. The fourth-order valence-corrected chi connectivity index (χ4v) is 4.51. The highest BCUT2D eigenvalue weighted by molar-refractivity contribution is 5.84. The molecule has 188 valence electrons. The Bertz CT molecular complexity index is 1030. The first kappa shape index (κ1) is 26.3. The number of hydrogen-bond donors (Lipinski definition) is 3. The van der Waals surface area contributed by atoms with Crippen molar-refractivity contribution >= 4 is 18.0 Å². The number of carbonyl (C=O) groups excluding carboxylic acids is 2. The van der Waals surface area contributed by atoms with Crippen LogP contribution in [0.1, 0.15) is 58.1 Å². The topological polar surface area (TPSA) is 105 Å². The minimum atomic E-state index is -1.07. The highest BCUT2D eigenvalue weighted by Crippen LogP contribution is 2.44. The Labute approximate surface area is 207 Å². The van der Waals surface area contributed by atoms with E-state index < -0.39 is 23.5 Å². The Morgan fingerprint density at radius 1 is 0.971 bits per heavy atom. The van der Waals surface area contributed by atoms with Gasteiger partial charge in [-0.3, -0.25) is 4.79 Å². The van der Waals surface area contributed by atoms with Crippen molar-refractivity contribution in [2.24, 2.45) is 17.3 Å². The number of carbonyl (C=O) groups is 3. The smallest absolute Gasteiger partial charge is 0.407 e. The van der Waals surface area contributed by atoms with Gasteiger partial charge in [0.25, 0.3) is 0 Å². The summed E-state index contributed by atoms with van der Waals surface area (Å²) < 4.78 is 5.59. The lowest BCUT2D eigenvalue weighted by Crippen LogP contribution is -2.49. The van der Waals surface area contributed by atoms with Gasteiger partial charge in [0.15, 0.2) is 0 Å².